The highest BCUT2D eigenvalue weighted by molar-refractivity contribution is 6.31. The molecule has 0 atom stereocenters. The summed E-state index contributed by atoms with van der Waals surface area (Å²) in [5, 5.41) is 14.4. The monoisotopic (exact) mass is 366 g/mol. The van der Waals surface area contributed by atoms with Crippen molar-refractivity contribution in [2.75, 3.05) is 10.6 Å². The molecule has 128 valence electrons. The van der Waals surface area contributed by atoms with Crippen molar-refractivity contribution in [1.29, 1.82) is 5.26 Å². The lowest BCUT2D eigenvalue weighted by atomic mass is 10.2. The largest absolute Gasteiger partial charge is 0.340 e. The third kappa shape index (κ3) is 4.15. The molecule has 2 N–H and O–H groups in total. The van der Waals surface area contributed by atoms with Crippen LogP contribution in [0, 0.1) is 17.1 Å². The summed E-state index contributed by atoms with van der Waals surface area (Å²) in [4.78, 5) is 16.4. The van der Waals surface area contributed by atoms with Crippen molar-refractivity contribution in [2.45, 2.75) is 0 Å². The molecule has 0 unspecified atom stereocenters. The molecular weight excluding hydrogens is 355 g/mol. The summed E-state index contributed by atoms with van der Waals surface area (Å²) < 4.78 is 13.1. The fraction of sp³-hybridized carbons (Fsp3) is 0. The third-order valence-electron chi connectivity index (χ3n) is 3.49. The Balaban J connectivity index is 1.67. The van der Waals surface area contributed by atoms with Crippen molar-refractivity contribution in [3.05, 3.63) is 82.8 Å². The number of hydrogen-bond acceptors (Lipinski definition) is 4. The van der Waals surface area contributed by atoms with Crippen LogP contribution >= 0.6 is 11.6 Å². The van der Waals surface area contributed by atoms with E-state index < -0.39 is 5.82 Å². The Kier molecular flexibility index (Phi) is 5.11. The van der Waals surface area contributed by atoms with Crippen LogP contribution < -0.4 is 10.6 Å². The number of aromatic nitrogens is 1. The fourth-order valence-electron chi connectivity index (χ4n) is 2.16. The van der Waals surface area contributed by atoms with Crippen LogP contribution in [0.25, 0.3) is 0 Å². The minimum absolute atomic E-state index is 0.0668. The Morgan fingerprint density at radius 1 is 1.08 bits per heavy atom. The first-order chi connectivity index (χ1) is 12.5. The number of nitrogens with zero attached hydrogens (tertiary/aromatic N) is 2. The van der Waals surface area contributed by atoms with E-state index in [1.54, 1.807) is 36.4 Å². The summed E-state index contributed by atoms with van der Waals surface area (Å²) in [6, 6.07) is 16.2. The zero-order valence-corrected chi connectivity index (χ0v) is 14.1. The Labute approximate surface area is 154 Å². The van der Waals surface area contributed by atoms with Crippen molar-refractivity contribution in [3.8, 4) is 6.07 Å². The van der Waals surface area contributed by atoms with Crippen LogP contribution in [0.15, 0.2) is 60.8 Å². The summed E-state index contributed by atoms with van der Waals surface area (Å²) in [7, 11) is 0. The Bertz CT molecular complexity index is 982. The van der Waals surface area contributed by atoms with Crippen LogP contribution in [0.3, 0.4) is 0 Å². The number of amides is 1. The van der Waals surface area contributed by atoms with Gasteiger partial charge in [0, 0.05) is 17.6 Å². The molecule has 0 bridgehead atoms. The van der Waals surface area contributed by atoms with Gasteiger partial charge >= 0.3 is 0 Å². The molecule has 1 heterocycles. The summed E-state index contributed by atoms with van der Waals surface area (Å²) in [6.45, 7) is 0. The van der Waals surface area contributed by atoms with Gasteiger partial charge in [-0.1, -0.05) is 11.6 Å². The molecule has 0 fully saturated rings. The Morgan fingerprint density at radius 3 is 2.42 bits per heavy atom. The van der Waals surface area contributed by atoms with Gasteiger partial charge in [0.1, 0.15) is 11.6 Å². The number of carbonyl (C=O) groups excluding carboxylic acids is 1. The summed E-state index contributed by atoms with van der Waals surface area (Å²) in [5.41, 5.74) is 2.07. The minimum atomic E-state index is -0.551. The number of halogens is 2. The summed E-state index contributed by atoms with van der Waals surface area (Å²) in [5.74, 6) is -0.384. The number of nitrogens with one attached hydrogen (secondary N) is 2. The smallest absolute Gasteiger partial charge is 0.257 e. The van der Waals surface area contributed by atoms with E-state index in [0.29, 0.717) is 22.6 Å². The van der Waals surface area contributed by atoms with E-state index in [-0.39, 0.29) is 10.9 Å². The number of rotatable bonds is 4. The van der Waals surface area contributed by atoms with Crippen molar-refractivity contribution in [3.63, 3.8) is 0 Å². The van der Waals surface area contributed by atoms with Crippen molar-refractivity contribution in [2.24, 2.45) is 0 Å². The maximum absolute atomic E-state index is 13.1. The first-order valence-electron chi connectivity index (χ1n) is 7.55. The molecule has 3 aromatic rings. The zero-order valence-electron chi connectivity index (χ0n) is 13.3. The molecule has 1 aromatic heterocycles. The molecule has 2 aromatic carbocycles. The standard InChI is InChI=1S/C19H12ClFN4O/c20-16-9-15(6-7-17(16)21)25-19(26)13-3-8-18(23-11-13)24-14-4-1-12(10-22)2-5-14/h1-9,11H,(H,23,24)(H,25,26). The maximum Gasteiger partial charge on any atom is 0.257 e. The van der Waals surface area contributed by atoms with Crippen LogP contribution in [0.1, 0.15) is 15.9 Å². The van der Waals surface area contributed by atoms with E-state index in [0.717, 1.165) is 5.69 Å². The van der Waals surface area contributed by atoms with E-state index >= 15 is 0 Å². The first kappa shape index (κ1) is 17.4. The van der Waals surface area contributed by atoms with Crippen molar-refractivity contribution in [1.82, 2.24) is 4.98 Å². The van der Waals surface area contributed by atoms with Gasteiger partial charge in [0.2, 0.25) is 0 Å². The van der Waals surface area contributed by atoms with E-state index in [4.69, 9.17) is 16.9 Å². The van der Waals surface area contributed by atoms with Crippen molar-refractivity contribution < 1.29 is 9.18 Å². The molecule has 0 saturated carbocycles. The highest BCUT2D eigenvalue weighted by Crippen LogP contribution is 2.20. The van der Waals surface area contributed by atoms with Gasteiger partial charge in [0.05, 0.1) is 22.2 Å². The number of pyridine rings is 1. The van der Waals surface area contributed by atoms with E-state index in [9.17, 15) is 9.18 Å². The zero-order chi connectivity index (χ0) is 18.5. The van der Waals surface area contributed by atoms with Crippen LogP contribution in [-0.4, -0.2) is 10.9 Å². The molecule has 5 nitrogen and oxygen atoms in total. The highest BCUT2D eigenvalue weighted by Gasteiger charge is 2.08. The van der Waals surface area contributed by atoms with Gasteiger partial charge in [0.15, 0.2) is 0 Å². The molecule has 0 aliphatic rings. The number of nitriles is 1. The second kappa shape index (κ2) is 7.64. The first-order valence-corrected chi connectivity index (χ1v) is 7.92. The summed E-state index contributed by atoms with van der Waals surface area (Å²) >= 11 is 5.70. The van der Waals surface area contributed by atoms with E-state index in [2.05, 4.69) is 15.6 Å². The van der Waals surface area contributed by atoms with Crippen molar-refractivity contribution >= 4 is 34.7 Å². The predicted molar refractivity (Wildman–Crippen MR) is 98.0 cm³/mol. The lowest BCUT2D eigenvalue weighted by Gasteiger charge is -2.08. The van der Waals surface area contributed by atoms with Gasteiger partial charge in [-0.3, -0.25) is 4.79 Å². The van der Waals surface area contributed by atoms with Gasteiger partial charge in [-0.15, -0.1) is 0 Å². The van der Waals surface area contributed by atoms with Gasteiger partial charge in [-0.05, 0) is 54.6 Å². The Hall–Kier alpha value is -3.43. The van der Waals surface area contributed by atoms with Crippen LogP contribution in [0.5, 0.6) is 0 Å². The molecule has 0 radical (unpaired) electrons. The quantitative estimate of drug-likeness (QED) is 0.699. The second-order valence-corrected chi connectivity index (χ2v) is 5.74. The van der Waals surface area contributed by atoms with Gasteiger partial charge < -0.3 is 10.6 Å². The fourth-order valence-corrected chi connectivity index (χ4v) is 2.34. The average molecular weight is 367 g/mol. The van der Waals surface area contributed by atoms with Crippen LogP contribution in [0.2, 0.25) is 5.02 Å². The molecule has 0 saturated heterocycles. The van der Waals surface area contributed by atoms with Gasteiger partial charge in [-0.2, -0.15) is 5.26 Å². The number of anilines is 3. The van der Waals surface area contributed by atoms with E-state index in [1.807, 2.05) is 6.07 Å². The molecule has 0 aliphatic carbocycles. The molecule has 0 aliphatic heterocycles. The number of hydrogen-bond donors (Lipinski definition) is 2. The number of benzene rings is 2. The Morgan fingerprint density at radius 2 is 1.81 bits per heavy atom. The second-order valence-electron chi connectivity index (χ2n) is 5.33. The average Bonchev–Trinajstić information content (AvgIpc) is 2.66. The van der Waals surface area contributed by atoms with Gasteiger partial charge in [0.25, 0.3) is 5.91 Å². The highest BCUT2D eigenvalue weighted by atomic mass is 35.5. The number of carbonyl (C=O) groups is 1. The molecule has 3 rings (SSSR count). The van der Waals surface area contributed by atoms with Gasteiger partial charge in [-0.25, -0.2) is 9.37 Å². The molecule has 0 spiro atoms. The predicted octanol–water partition coefficient (Wildman–Crippen LogP) is 4.74. The maximum atomic E-state index is 13.1. The SMILES string of the molecule is N#Cc1ccc(Nc2ccc(C(=O)Nc3ccc(F)c(Cl)c3)cn2)cc1. The third-order valence-corrected chi connectivity index (χ3v) is 3.78. The molecule has 1 amide bonds. The van der Waals surface area contributed by atoms with Crippen LogP contribution in [0.4, 0.5) is 21.6 Å². The normalized spacial score (nSPS) is 10.0. The molecular formula is C19H12ClFN4O. The van der Waals surface area contributed by atoms with Crippen LogP contribution in [-0.2, 0) is 0 Å². The topological polar surface area (TPSA) is 77.8 Å². The summed E-state index contributed by atoms with van der Waals surface area (Å²) in [6.07, 6.45) is 1.42. The lowest BCUT2D eigenvalue weighted by Crippen LogP contribution is -2.12. The van der Waals surface area contributed by atoms with E-state index in [1.165, 1.54) is 24.4 Å². The molecule has 26 heavy (non-hydrogen) atoms. The minimum Gasteiger partial charge on any atom is -0.340 e. The molecule has 7 heteroatoms. The lowest BCUT2D eigenvalue weighted by molar-refractivity contribution is 0.102.